The molecule has 5 nitrogen and oxygen atoms in total. The Morgan fingerprint density at radius 2 is 2.00 bits per heavy atom. The minimum atomic E-state index is -0.615. The molecule has 1 aromatic heterocycles. The monoisotopic (exact) mass is 282 g/mol. The largest absolute Gasteiger partial charge is 0.455 e. The summed E-state index contributed by atoms with van der Waals surface area (Å²) in [5.74, 6) is 0.609. The molecule has 1 heterocycles. The summed E-state index contributed by atoms with van der Waals surface area (Å²) in [5.41, 5.74) is 3.64. The van der Waals surface area contributed by atoms with Crippen LogP contribution in [0.5, 0.6) is 0 Å². The van der Waals surface area contributed by atoms with Gasteiger partial charge in [-0.3, -0.25) is 0 Å². The quantitative estimate of drug-likeness (QED) is 0.576. The Balaban J connectivity index is 2.05. The van der Waals surface area contributed by atoms with Gasteiger partial charge in [0.1, 0.15) is 11.3 Å². The molecule has 3 aromatic rings. The Kier molecular flexibility index (Phi) is 3.31. The first-order chi connectivity index (χ1) is 10.2. The van der Waals surface area contributed by atoms with Crippen molar-refractivity contribution in [2.45, 2.75) is 6.92 Å². The third-order valence-electron chi connectivity index (χ3n) is 3.28. The lowest BCUT2D eigenvalue weighted by Crippen LogP contribution is -2.18. The lowest BCUT2D eigenvalue weighted by Gasteiger charge is -1.97. The van der Waals surface area contributed by atoms with Gasteiger partial charge in [-0.1, -0.05) is 30.3 Å². The third-order valence-corrected chi connectivity index (χ3v) is 3.28. The van der Waals surface area contributed by atoms with E-state index in [1.165, 1.54) is 7.11 Å². The van der Waals surface area contributed by atoms with Crippen LogP contribution in [0.2, 0.25) is 0 Å². The molecule has 0 saturated heterocycles. The van der Waals surface area contributed by atoms with Crippen LogP contribution in [0.4, 0.5) is 4.79 Å². The van der Waals surface area contributed by atoms with Crippen LogP contribution in [-0.2, 0) is 4.74 Å². The second-order valence-corrected chi connectivity index (χ2v) is 4.61. The average molecular weight is 282 g/mol. The van der Waals surface area contributed by atoms with Crippen LogP contribution in [0.1, 0.15) is 12.7 Å². The first-order valence-electron chi connectivity index (χ1n) is 6.49. The number of rotatable bonds is 2. The summed E-state index contributed by atoms with van der Waals surface area (Å²) < 4.78 is 10.2. The highest BCUT2D eigenvalue weighted by atomic mass is 16.5. The molecule has 0 aliphatic carbocycles. The molecule has 1 N–H and O–H groups in total. The molecule has 0 bridgehead atoms. The number of benzene rings is 2. The zero-order valence-corrected chi connectivity index (χ0v) is 11.7. The maximum atomic E-state index is 11.0. The van der Waals surface area contributed by atoms with Gasteiger partial charge in [0.25, 0.3) is 0 Å². The summed E-state index contributed by atoms with van der Waals surface area (Å²) in [6, 6.07) is 14.0. The molecule has 0 saturated carbocycles. The molecule has 0 radical (unpaired) electrons. The van der Waals surface area contributed by atoms with Gasteiger partial charge in [-0.05, 0) is 29.8 Å². The Bertz CT molecular complexity index is 849. The Labute approximate surface area is 121 Å². The van der Waals surface area contributed by atoms with Crippen LogP contribution in [0.15, 0.2) is 52.0 Å². The molecule has 1 amide bonds. The van der Waals surface area contributed by atoms with E-state index in [0.717, 1.165) is 21.7 Å². The van der Waals surface area contributed by atoms with E-state index in [0.29, 0.717) is 11.5 Å². The smallest absolute Gasteiger partial charge is 0.427 e. The molecule has 2 aromatic carbocycles. The normalized spacial score (nSPS) is 11.8. The number of furan rings is 1. The molecular formula is C16H14N2O3. The van der Waals surface area contributed by atoms with Gasteiger partial charge in [-0.15, -0.1) is 0 Å². The molecule has 106 valence electrons. The van der Waals surface area contributed by atoms with Crippen molar-refractivity contribution in [2.75, 3.05) is 7.11 Å². The highest BCUT2D eigenvalue weighted by molar-refractivity contribution is 6.09. The molecule has 5 heteroatoms. The van der Waals surface area contributed by atoms with E-state index in [2.05, 4.69) is 27.4 Å². The van der Waals surface area contributed by atoms with Gasteiger partial charge in [0.2, 0.25) is 0 Å². The average Bonchev–Trinajstić information content (AvgIpc) is 2.96. The van der Waals surface area contributed by atoms with Crippen molar-refractivity contribution in [3.8, 4) is 0 Å². The van der Waals surface area contributed by atoms with Crippen molar-refractivity contribution < 1.29 is 13.9 Å². The predicted octanol–water partition coefficient (Wildman–Crippen LogP) is 3.67. The Morgan fingerprint density at radius 3 is 2.81 bits per heavy atom. The maximum Gasteiger partial charge on any atom is 0.427 e. The molecule has 0 unspecified atom stereocenters. The summed E-state index contributed by atoms with van der Waals surface area (Å²) in [7, 11) is 1.29. The minimum Gasteiger partial charge on any atom is -0.455 e. The number of hydrogen-bond donors (Lipinski definition) is 1. The lowest BCUT2D eigenvalue weighted by atomic mass is 10.1. The van der Waals surface area contributed by atoms with Crippen LogP contribution >= 0.6 is 0 Å². The number of fused-ring (bicyclic) bond motifs is 3. The zero-order valence-electron chi connectivity index (χ0n) is 11.7. The summed E-state index contributed by atoms with van der Waals surface area (Å²) in [5, 5.41) is 7.24. The summed E-state index contributed by atoms with van der Waals surface area (Å²) in [4.78, 5) is 11.0. The number of ether oxygens (including phenoxy) is 1. The highest BCUT2D eigenvalue weighted by Gasteiger charge is 2.09. The van der Waals surface area contributed by atoms with Crippen molar-refractivity contribution >= 4 is 33.5 Å². The van der Waals surface area contributed by atoms with Gasteiger partial charge in [0, 0.05) is 5.39 Å². The fourth-order valence-electron chi connectivity index (χ4n) is 2.20. The van der Waals surface area contributed by atoms with Crippen molar-refractivity contribution in [2.24, 2.45) is 5.10 Å². The van der Waals surface area contributed by atoms with Gasteiger partial charge < -0.3 is 9.15 Å². The van der Waals surface area contributed by atoms with Gasteiger partial charge >= 0.3 is 6.09 Å². The number of nitrogens with one attached hydrogen (secondary N) is 1. The molecule has 3 rings (SSSR count). The zero-order chi connectivity index (χ0) is 14.8. The maximum absolute atomic E-state index is 11.0. The number of carbonyl (C=O) groups excluding carboxylic acids is 1. The summed E-state index contributed by atoms with van der Waals surface area (Å²) in [6.45, 7) is 1.76. The Morgan fingerprint density at radius 1 is 1.19 bits per heavy atom. The van der Waals surface area contributed by atoms with E-state index in [1.54, 1.807) is 6.92 Å². The van der Waals surface area contributed by atoms with E-state index < -0.39 is 6.09 Å². The fourth-order valence-corrected chi connectivity index (χ4v) is 2.20. The third kappa shape index (κ3) is 2.45. The van der Waals surface area contributed by atoms with E-state index in [1.807, 2.05) is 30.3 Å². The molecule has 0 spiro atoms. The van der Waals surface area contributed by atoms with Crippen molar-refractivity contribution in [3.63, 3.8) is 0 Å². The Hall–Kier alpha value is -2.82. The van der Waals surface area contributed by atoms with Crippen molar-refractivity contribution in [1.29, 1.82) is 0 Å². The lowest BCUT2D eigenvalue weighted by molar-refractivity contribution is 0.171. The number of amides is 1. The number of hydrogen-bond acceptors (Lipinski definition) is 4. The van der Waals surface area contributed by atoms with Gasteiger partial charge in [-0.2, -0.15) is 5.10 Å². The SMILES string of the molecule is COC(=O)N/N=C(/C)c1cc2c(ccc3ccccc32)o1. The number of nitrogens with zero attached hydrogens (tertiary/aromatic N) is 1. The molecule has 0 aliphatic rings. The molecule has 0 atom stereocenters. The number of hydrazone groups is 1. The number of methoxy groups -OCH3 is 1. The van der Waals surface area contributed by atoms with E-state index >= 15 is 0 Å². The molecule has 0 aliphatic heterocycles. The van der Waals surface area contributed by atoms with Crippen molar-refractivity contribution in [3.05, 3.63) is 48.2 Å². The second-order valence-electron chi connectivity index (χ2n) is 4.61. The summed E-state index contributed by atoms with van der Waals surface area (Å²) in [6.07, 6.45) is -0.615. The standard InChI is InChI=1S/C16H14N2O3/c1-10(17-18-16(19)20-2)15-9-13-12-6-4-3-5-11(12)7-8-14(13)21-15/h3-9H,1-2H3,(H,18,19)/b17-10-. The predicted molar refractivity (Wildman–Crippen MR) is 81.5 cm³/mol. The van der Waals surface area contributed by atoms with Crippen LogP contribution in [0.25, 0.3) is 21.7 Å². The highest BCUT2D eigenvalue weighted by Crippen LogP contribution is 2.28. The summed E-state index contributed by atoms with van der Waals surface area (Å²) >= 11 is 0. The second kappa shape index (κ2) is 5.28. The molecular weight excluding hydrogens is 268 g/mol. The topological polar surface area (TPSA) is 63.8 Å². The molecule has 21 heavy (non-hydrogen) atoms. The van der Waals surface area contributed by atoms with Crippen LogP contribution in [0.3, 0.4) is 0 Å². The fraction of sp³-hybridized carbons (Fsp3) is 0.125. The van der Waals surface area contributed by atoms with E-state index in [-0.39, 0.29) is 0 Å². The van der Waals surface area contributed by atoms with Gasteiger partial charge in [0.15, 0.2) is 5.76 Å². The van der Waals surface area contributed by atoms with Crippen LogP contribution in [-0.4, -0.2) is 18.9 Å². The van der Waals surface area contributed by atoms with E-state index in [9.17, 15) is 4.79 Å². The van der Waals surface area contributed by atoms with Crippen LogP contribution in [0, 0.1) is 0 Å². The van der Waals surface area contributed by atoms with Gasteiger partial charge in [0.05, 0.1) is 7.11 Å². The van der Waals surface area contributed by atoms with Gasteiger partial charge in [-0.25, -0.2) is 10.2 Å². The first kappa shape index (κ1) is 13.2. The van der Waals surface area contributed by atoms with E-state index in [4.69, 9.17) is 4.42 Å². The number of carbonyl (C=O) groups is 1. The first-order valence-corrected chi connectivity index (χ1v) is 6.49. The van der Waals surface area contributed by atoms with Crippen molar-refractivity contribution in [1.82, 2.24) is 5.43 Å². The minimum absolute atomic E-state index is 0.570. The van der Waals surface area contributed by atoms with Crippen LogP contribution < -0.4 is 5.43 Å². The molecule has 0 fully saturated rings.